The molecule has 0 bridgehead atoms. The summed E-state index contributed by atoms with van der Waals surface area (Å²) in [5, 5.41) is 0. The van der Waals surface area contributed by atoms with Gasteiger partial charge in [-0.25, -0.2) is 0 Å². The number of ether oxygens (including phenoxy) is 4. The highest BCUT2D eigenvalue weighted by atomic mass is 16.5. The molecule has 0 atom stereocenters. The molecule has 0 amide bonds. The Morgan fingerprint density at radius 1 is 0.771 bits per heavy atom. The molecule has 1 fully saturated rings. The zero-order valence-electron chi connectivity index (χ0n) is 20.8. The molecule has 1 saturated heterocycles. The molecule has 4 rings (SSSR count). The van der Waals surface area contributed by atoms with Crippen LogP contribution in [0.3, 0.4) is 0 Å². The maximum absolute atomic E-state index is 6.02. The van der Waals surface area contributed by atoms with E-state index in [4.69, 9.17) is 18.9 Å². The summed E-state index contributed by atoms with van der Waals surface area (Å²) in [6.45, 7) is 7.40. The molecule has 0 radical (unpaired) electrons. The fourth-order valence-corrected chi connectivity index (χ4v) is 4.27. The first-order valence-corrected chi connectivity index (χ1v) is 12.2. The number of benzene rings is 3. The summed E-state index contributed by atoms with van der Waals surface area (Å²) in [5.74, 6) is 1.73. The summed E-state index contributed by atoms with van der Waals surface area (Å²) in [7, 11) is 3.41. The van der Waals surface area contributed by atoms with Gasteiger partial charge in [-0.3, -0.25) is 4.90 Å². The minimum absolute atomic E-state index is 0.602. The lowest BCUT2D eigenvalue weighted by atomic mass is 10.1. The summed E-state index contributed by atoms with van der Waals surface area (Å²) < 4.78 is 22.3. The molecule has 35 heavy (non-hydrogen) atoms. The van der Waals surface area contributed by atoms with Crippen LogP contribution in [0.5, 0.6) is 11.5 Å². The number of methoxy groups -OCH3 is 2. The highest BCUT2D eigenvalue weighted by Crippen LogP contribution is 2.25. The van der Waals surface area contributed by atoms with Crippen molar-refractivity contribution in [3.8, 4) is 11.5 Å². The maximum atomic E-state index is 6.02. The summed E-state index contributed by atoms with van der Waals surface area (Å²) >= 11 is 0. The third kappa shape index (κ3) is 7.72. The van der Waals surface area contributed by atoms with Crippen molar-refractivity contribution in [2.45, 2.75) is 19.7 Å². The second-order valence-electron chi connectivity index (χ2n) is 8.74. The number of rotatable bonds is 12. The lowest BCUT2D eigenvalue weighted by Gasteiger charge is -2.27. The first-order chi connectivity index (χ1) is 17.2. The van der Waals surface area contributed by atoms with Crippen LogP contribution < -0.4 is 14.4 Å². The first kappa shape index (κ1) is 25.0. The zero-order valence-corrected chi connectivity index (χ0v) is 20.8. The molecule has 3 aromatic carbocycles. The van der Waals surface area contributed by atoms with Gasteiger partial charge in [0.25, 0.3) is 0 Å². The van der Waals surface area contributed by atoms with E-state index in [9.17, 15) is 0 Å². The van der Waals surface area contributed by atoms with Crippen molar-refractivity contribution in [2.24, 2.45) is 0 Å². The monoisotopic (exact) mass is 476 g/mol. The fraction of sp³-hybridized carbons (Fsp3) is 0.379. The van der Waals surface area contributed by atoms with Gasteiger partial charge in [0.15, 0.2) is 0 Å². The molecule has 1 heterocycles. The van der Waals surface area contributed by atoms with Crippen molar-refractivity contribution in [1.82, 2.24) is 4.90 Å². The van der Waals surface area contributed by atoms with Gasteiger partial charge in [0, 0.05) is 38.4 Å². The molecule has 0 spiro atoms. The average molecular weight is 477 g/mol. The van der Waals surface area contributed by atoms with Crippen molar-refractivity contribution >= 4 is 5.69 Å². The van der Waals surface area contributed by atoms with Crippen molar-refractivity contribution in [3.05, 3.63) is 89.5 Å². The maximum Gasteiger partial charge on any atom is 0.119 e. The molecule has 1 aliphatic rings. The topological polar surface area (TPSA) is 43.4 Å². The Bertz CT molecular complexity index is 1000. The van der Waals surface area contributed by atoms with Crippen LogP contribution in [0.4, 0.5) is 5.69 Å². The Morgan fingerprint density at radius 3 is 2.00 bits per heavy atom. The third-order valence-electron chi connectivity index (χ3n) is 6.22. The van der Waals surface area contributed by atoms with Gasteiger partial charge in [-0.15, -0.1) is 0 Å². The zero-order chi connectivity index (χ0) is 24.3. The molecular weight excluding hydrogens is 440 g/mol. The SMILES string of the molecule is COc1cccc(CN(Cc2cccc(OC)c2)c2cccc(COCCN3CCOCC3)c2)c1. The highest BCUT2D eigenvalue weighted by molar-refractivity contribution is 5.50. The van der Waals surface area contributed by atoms with Crippen LogP contribution in [0, 0.1) is 0 Å². The predicted molar refractivity (Wildman–Crippen MR) is 139 cm³/mol. The van der Waals surface area contributed by atoms with E-state index < -0.39 is 0 Å². The molecular formula is C29H36N2O4. The van der Waals surface area contributed by atoms with Crippen LogP contribution in [-0.4, -0.2) is 58.6 Å². The van der Waals surface area contributed by atoms with Gasteiger partial charge < -0.3 is 23.8 Å². The van der Waals surface area contributed by atoms with E-state index in [1.54, 1.807) is 14.2 Å². The molecule has 3 aromatic rings. The summed E-state index contributed by atoms with van der Waals surface area (Å²) in [6, 6.07) is 25.1. The van der Waals surface area contributed by atoms with Crippen LogP contribution in [0.1, 0.15) is 16.7 Å². The summed E-state index contributed by atoms with van der Waals surface area (Å²) in [5.41, 5.74) is 4.72. The van der Waals surface area contributed by atoms with Gasteiger partial charge in [0.05, 0.1) is 40.6 Å². The normalized spacial score (nSPS) is 14.0. The second kappa shape index (κ2) is 13.1. The van der Waals surface area contributed by atoms with Crippen LogP contribution in [-0.2, 0) is 29.2 Å². The summed E-state index contributed by atoms with van der Waals surface area (Å²) in [4.78, 5) is 4.77. The quantitative estimate of drug-likeness (QED) is 0.351. The van der Waals surface area contributed by atoms with E-state index in [2.05, 4.69) is 58.3 Å². The second-order valence-corrected chi connectivity index (χ2v) is 8.74. The molecule has 0 N–H and O–H groups in total. The molecule has 1 aliphatic heterocycles. The van der Waals surface area contributed by atoms with E-state index in [1.165, 1.54) is 16.7 Å². The van der Waals surface area contributed by atoms with E-state index in [0.29, 0.717) is 6.61 Å². The lowest BCUT2D eigenvalue weighted by molar-refractivity contribution is 0.0180. The average Bonchev–Trinajstić information content (AvgIpc) is 2.92. The molecule has 0 aliphatic carbocycles. The van der Waals surface area contributed by atoms with Crippen LogP contribution in [0.15, 0.2) is 72.8 Å². The fourth-order valence-electron chi connectivity index (χ4n) is 4.27. The molecule has 6 heteroatoms. The minimum atomic E-state index is 0.602. The number of anilines is 1. The van der Waals surface area contributed by atoms with Gasteiger partial charge in [-0.2, -0.15) is 0 Å². The van der Waals surface area contributed by atoms with Gasteiger partial charge in [0.2, 0.25) is 0 Å². The standard InChI is InChI=1S/C29H36N2O4/c1-32-28-10-4-6-24(19-28)21-31(22-25-7-5-11-29(20-25)33-2)27-9-3-8-26(18-27)23-35-17-14-30-12-15-34-16-13-30/h3-11,18-20H,12-17,21-23H2,1-2H3. The lowest BCUT2D eigenvalue weighted by Crippen LogP contribution is -2.38. The minimum Gasteiger partial charge on any atom is -0.497 e. The Kier molecular flexibility index (Phi) is 9.40. The van der Waals surface area contributed by atoms with Crippen molar-refractivity contribution in [1.29, 1.82) is 0 Å². The molecule has 0 unspecified atom stereocenters. The number of nitrogens with zero attached hydrogens (tertiary/aromatic N) is 2. The van der Waals surface area contributed by atoms with Crippen LogP contribution in [0.2, 0.25) is 0 Å². The largest absolute Gasteiger partial charge is 0.497 e. The van der Waals surface area contributed by atoms with Gasteiger partial charge in [0.1, 0.15) is 11.5 Å². The first-order valence-electron chi connectivity index (χ1n) is 12.2. The predicted octanol–water partition coefficient (Wildman–Crippen LogP) is 4.76. The smallest absolute Gasteiger partial charge is 0.119 e. The molecule has 6 nitrogen and oxygen atoms in total. The third-order valence-corrected chi connectivity index (χ3v) is 6.22. The highest BCUT2D eigenvalue weighted by Gasteiger charge is 2.12. The molecule has 0 aromatic heterocycles. The van der Waals surface area contributed by atoms with Gasteiger partial charge >= 0.3 is 0 Å². The molecule has 0 saturated carbocycles. The Morgan fingerprint density at radius 2 is 1.37 bits per heavy atom. The Hall–Kier alpha value is -3.06. The van der Waals surface area contributed by atoms with Gasteiger partial charge in [-0.1, -0.05) is 36.4 Å². The van der Waals surface area contributed by atoms with Crippen molar-refractivity contribution in [2.75, 3.05) is 58.6 Å². The van der Waals surface area contributed by atoms with E-state index >= 15 is 0 Å². The van der Waals surface area contributed by atoms with Crippen molar-refractivity contribution in [3.63, 3.8) is 0 Å². The van der Waals surface area contributed by atoms with Crippen LogP contribution in [0.25, 0.3) is 0 Å². The Balaban J connectivity index is 1.46. The van der Waals surface area contributed by atoms with Gasteiger partial charge in [-0.05, 0) is 53.1 Å². The summed E-state index contributed by atoms with van der Waals surface area (Å²) in [6.07, 6.45) is 0. The number of hydrogen-bond acceptors (Lipinski definition) is 6. The van der Waals surface area contributed by atoms with E-state index in [-0.39, 0.29) is 0 Å². The number of morpholine rings is 1. The van der Waals surface area contributed by atoms with E-state index in [1.807, 2.05) is 24.3 Å². The van der Waals surface area contributed by atoms with Crippen LogP contribution >= 0.6 is 0 Å². The van der Waals surface area contributed by atoms with E-state index in [0.717, 1.165) is 69.7 Å². The number of hydrogen-bond donors (Lipinski definition) is 0. The Labute approximate surface area is 209 Å². The van der Waals surface area contributed by atoms with Crippen molar-refractivity contribution < 1.29 is 18.9 Å². The molecule has 186 valence electrons.